The Balaban J connectivity index is 0.00000676. The number of nitrogens with one attached hydrogen (secondary N) is 4. The Bertz CT molecular complexity index is 1380. The monoisotopic (exact) mass is 696 g/mol. The fourth-order valence-corrected chi connectivity index (χ4v) is 7.24. The minimum absolute atomic E-state index is 0. The van der Waals surface area contributed by atoms with Crippen LogP contribution in [0.1, 0.15) is 100.0 Å². The van der Waals surface area contributed by atoms with Crippen LogP contribution in [0, 0.1) is 11.8 Å². The fourth-order valence-electron chi connectivity index (χ4n) is 7.24. The molecule has 50 heavy (non-hydrogen) atoms. The van der Waals surface area contributed by atoms with Crippen LogP contribution in [0.3, 0.4) is 0 Å². The fraction of sp³-hybridized carbons (Fsp3) is 0.684. The summed E-state index contributed by atoms with van der Waals surface area (Å²) in [5.41, 5.74) is 0.292. The van der Waals surface area contributed by atoms with E-state index in [9.17, 15) is 28.8 Å². The number of carbonyl (C=O) groups excluding carboxylic acids is 6. The third-order valence-corrected chi connectivity index (χ3v) is 9.36. The number of rotatable bonds is 7. The maximum absolute atomic E-state index is 14.6. The largest absolute Gasteiger partial charge is 0.350 e. The lowest BCUT2D eigenvalue weighted by atomic mass is 9.97. The predicted octanol–water partition coefficient (Wildman–Crippen LogP) is 2.73. The van der Waals surface area contributed by atoms with E-state index in [1.807, 2.05) is 69.9 Å². The third-order valence-electron chi connectivity index (χ3n) is 9.36. The summed E-state index contributed by atoms with van der Waals surface area (Å²) in [4.78, 5) is 85.8. The van der Waals surface area contributed by atoms with E-state index in [-0.39, 0.29) is 74.6 Å². The Hall–Kier alpha value is -3.80. The number of fused-ring (bicyclic) bond motifs is 2. The Morgan fingerprint density at radius 1 is 0.900 bits per heavy atom. The van der Waals surface area contributed by atoms with Gasteiger partial charge in [0.2, 0.25) is 29.5 Å². The molecule has 0 bridgehead atoms. The maximum atomic E-state index is 14.6. The molecule has 0 aromatic heterocycles. The first kappa shape index (κ1) is 40.6. The first-order chi connectivity index (χ1) is 23.1. The minimum Gasteiger partial charge on any atom is -0.350 e. The molecule has 12 nitrogen and oxygen atoms in total. The number of hydrogen-bond donors (Lipinski definition) is 4. The summed E-state index contributed by atoms with van der Waals surface area (Å²) >= 11 is 0. The molecule has 4 N–H and O–H groups in total. The second-order valence-corrected chi connectivity index (χ2v) is 15.8. The van der Waals surface area contributed by atoms with Gasteiger partial charge in [-0.1, -0.05) is 65.5 Å². The van der Waals surface area contributed by atoms with Crippen molar-refractivity contribution in [1.82, 2.24) is 31.1 Å². The Morgan fingerprint density at radius 2 is 1.54 bits per heavy atom. The van der Waals surface area contributed by atoms with Gasteiger partial charge in [-0.25, -0.2) is 0 Å². The van der Waals surface area contributed by atoms with Crippen LogP contribution < -0.4 is 21.3 Å². The molecule has 0 saturated carbocycles. The van der Waals surface area contributed by atoms with Gasteiger partial charge in [0, 0.05) is 24.8 Å². The molecule has 0 aliphatic carbocycles. The normalized spacial score (nSPS) is 27.3. The van der Waals surface area contributed by atoms with Crippen LogP contribution in [0.25, 0.3) is 0 Å². The summed E-state index contributed by atoms with van der Waals surface area (Å²) in [6.07, 6.45) is 2.14. The molecule has 5 amide bonds. The van der Waals surface area contributed by atoms with Crippen molar-refractivity contribution in [2.24, 2.45) is 11.8 Å². The standard InChI is InChI=1S/C37H56N6O6.CH4/c1-22(2)18-25-29(44)15-16-30(45)40-26(20-24-12-9-8-10-13-24)36(49)43-28(19-23(3)4)32(43)33(35(48)41-37(5,6)7)42-17-11-14-27(42)34(47)38-21-31(46)39-25;/h8-10,12-13,22-23,25-28,32-33H,11,14-21H2,1-7H3,(H,38,47)(H,39,46)(H,40,45)(H,41,48);1H4/t25-,26-,27-,28+,32-,33+,43?;/m0./s1. The zero-order valence-corrected chi connectivity index (χ0v) is 30.2. The van der Waals surface area contributed by atoms with Gasteiger partial charge in [-0.2, -0.15) is 0 Å². The number of nitrogens with zero attached hydrogens (tertiary/aromatic N) is 2. The van der Waals surface area contributed by atoms with E-state index in [1.165, 1.54) is 0 Å². The van der Waals surface area contributed by atoms with E-state index in [0.29, 0.717) is 32.2 Å². The van der Waals surface area contributed by atoms with Crippen molar-refractivity contribution in [3.8, 4) is 0 Å². The van der Waals surface area contributed by atoms with Crippen LogP contribution in [-0.2, 0) is 35.2 Å². The smallest absolute Gasteiger partial charge is 0.246 e. The van der Waals surface area contributed by atoms with Gasteiger partial charge >= 0.3 is 0 Å². The highest BCUT2D eigenvalue weighted by Crippen LogP contribution is 2.41. The summed E-state index contributed by atoms with van der Waals surface area (Å²) in [5, 5.41) is 11.5. The molecule has 0 spiro atoms. The Labute approximate surface area is 298 Å². The number of amides is 5. The van der Waals surface area contributed by atoms with Crippen molar-refractivity contribution >= 4 is 35.3 Å². The molecule has 3 aliphatic rings. The molecule has 1 aromatic rings. The molecule has 6 atom stereocenters. The van der Waals surface area contributed by atoms with Crippen molar-refractivity contribution in [3.63, 3.8) is 0 Å². The van der Waals surface area contributed by atoms with Crippen molar-refractivity contribution < 1.29 is 28.8 Å². The molecule has 278 valence electrons. The van der Waals surface area contributed by atoms with Gasteiger partial charge in [0.15, 0.2) is 5.78 Å². The molecule has 4 rings (SSSR count). The average Bonchev–Trinajstić information content (AvgIpc) is 3.45. The highest BCUT2D eigenvalue weighted by atomic mass is 16.2. The Kier molecular flexibility index (Phi) is 14.2. The van der Waals surface area contributed by atoms with Crippen molar-refractivity contribution in [2.75, 3.05) is 13.1 Å². The molecule has 12 heteroatoms. The molecule has 3 fully saturated rings. The Morgan fingerprint density at radius 3 is 2.16 bits per heavy atom. The van der Waals surface area contributed by atoms with Crippen LogP contribution in [0.4, 0.5) is 0 Å². The quantitative estimate of drug-likeness (QED) is 0.320. The molecule has 0 unspecified atom stereocenters. The van der Waals surface area contributed by atoms with E-state index in [2.05, 4.69) is 35.1 Å². The highest BCUT2D eigenvalue weighted by molar-refractivity contribution is 5.96. The number of benzene rings is 1. The summed E-state index contributed by atoms with van der Waals surface area (Å²) in [7, 11) is 0. The molecule has 0 radical (unpaired) electrons. The van der Waals surface area contributed by atoms with Gasteiger partial charge < -0.3 is 26.2 Å². The number of ketones is 1. The van der Waals surface area contributed by atoms with Gasteiger partial charge in [0.1, 0.15) is 12.1 Å². The molecular formula is C38H60N6O6. The summed E-state index contributed by atoms with van der Waals surface area (Å²) in [6.45, 7) is 13.8. The van der Waals surface area contributed by atoms with Gasteiger partial charge in [0.05, 0.1) is 30.7 Å². The highest BCUT2D eigenvalue weighted by Gasteiger charge is 2.60. The van der Waals surface area contributed by atoms with Crippen LogP contribution in [0.2, 0.25) is 0 Å². The van der Waals surface area contributed by atoms with Crippen molar-refractivity contribution in [2.45, 2.75) is 143 Å². The number of hydrogen-bond acceptors (Lipinski definition) is 7. The SMILES string of the molecule is C.CC(C)C[C@@H]1NC(=O)CNC(=O)[C@@H]2CCCN2[C@@H](C(=O)NC(C)(C)C)[C@@H]2[C@@H](CC(C)C)N2C(=O)[C@H](Cc2ccccc2)NC(=O)CCC1=O. The van der Waals surface area contributed by atoms with E-state index >= 15 is 0 Å². The second kappa shape index (κ2) is 17.4. The lowest BCUT2D eigenvalue weighted by molar-refractivity contribution is -0.136. The maximum Gasteiger partial charge on any atom is 0.246 e. The van der Waals surface area contributed by atoms with E-state index < -0.39 is 47.6 Å². The lowest BCUT2D eigenvalue weighted by Gasteiger charge is -2.34. The van der Waals surface area contributed by atoms with Gasteiger partial charge in [-0.05, 0) is 70.4 Å². The van der Waals surface area contributed by atoms with Crippen molar-refractivity contribution in [3.05, 3.63) is 35.9 Å². The summed E-state index contributed by atoms with van der Waals surface area (Å²) < 4.78 is 0. The van der Waals surface area contributed by atoms with Crippen LogP contribution in [0.15, 0.2) is 30.3 Å². The molecular weight excluding hydrogens is 636 g/mol. The first-order valence-electron chi connectivity index (χ1n) is 17.9. The molecule has 3 saturated heterocycles. The second-order valence-electron chi connectivity index (χ2n) is 15.8. The summed E-state index contributed by atoms with van der Waals surface area (Å²) in [5.74, 6) is -1.86. The number of Topliss-reactive ketones (excluding diaryl/α,β-unsaturated/α-hetero) is 1. The van der Waals surface area contributed by atoms with E-state index in [4.69, 9.17) is 0 Å². The van der Waals surface area contributed by atoms with Gasteiger partial charge in [0.25, 0.3) is 0 Å². The third kappa shape index (κ3) is 10.8. The minimum atomic E-state index is -0.932. The topological polar surface area (TPSA) is 157 Å². The summed E-state index contributed by atoms with van der Waals surface area (Å²) in [6, 6.07) is 5.35. The molecule has 3 aliphatic heterocycles. The zero-order valence-electron chi connectivity index (χ0n) is 30.2. The number of carbonyl (C=O) groups is 6. The van der Waals surface area contributed by atoms with Gasteiger partial charge in [-0.3, -0.25) is 33.7 Å². The predicted molar refractivity (Wildman–Crippen MR) is 193 cm³/mol. The average molecular weight is 697 g/mol. The van der Waals surface area contributed by atoms with E-state index in [1.54, 1.807) is 4.90 Å². The molecule has 1 aromatic carbocycles. The molecule has 3 heterocycles. The van der Waals surface area contributed by atoms with Crippen LogP contribution in [-0.4, -0.2) is 100.0 Å². The lowest BCUT2D eigenvalue weighted by Crippen LogP contribution is -2.59. The van der Waals surface area contributed by atoms with Gasteiger partial charge in [-0.15, -0.1) is 0 Å². The van der Waals surface area contributed by atoms with E-state index in [0.717, 1.165) is 5.56 Å². The van der Waals surface area contributed by atoms with Crippen molar-refractivity contribution in [1.29, 1.82) is 0 Å². The van der Waals surface area contributed by atoms with Crippen LogP contribution >= 0.6 is 0 Å². The first-order valence-corrected chi connectivity index (χ1v) is 17.9. The van der Waals surface area contributed by atoms with Crippen LogP contribution in [0.5, 0.6) is 0 Å². The zero-order chi connectivity index (χ0) is 36.0.